The zero-order valence-corrected chi connectivity index (χ0v) is 25.3. The third-order valence-electron chi connectivity index (χ3n) is 8.54. The van der Waals surface area contributed by atoms with Gasteiger partial charge in [-0.25, -0.2) is 10.00 Å². The van der Waals surface area contributed by atoms with E-state index in [1.54, 1.807) is 24.3 Å². The zero-order chi connectivity index (χ0) is 29.9. The molecule has 2 aromatic heterocycles. The van der Waals surface area contributed by atoms with Crippen LogP contribution in [0.2, 0.25) is 0 Å². The first-order chi connectivity index (χ1) is 20.9. The first kappa shape index (κ1) is 31.0. The number of fused-ring (bicyclic) bond motifs is 1. The molecule has 1 saturated carbocycles. The number of aromatic amines is 2. The number of H-pyrrole nitrogens is 2. The molecule has 1 aliphatic rings. The molecule has 3 aromatic carbocycles. The van der Waals surface area contributed by atoms with Gasteiger partial charge in [-0.3, -0.25) is 14.7 Å². The van der Waals surface area contributed by atoms with Crippen LogP contribution in [0.3, 0.4) is 0 Å². The SMILES string of the molecule is Cc1ccc2[nH]ncc2c1-c1cccc(C[C@H](N)C(=O)N(c2ccc(-c3nnn[nH]3)cc2)C(=O)[C@H]2CC[C@H](CN)CC2)c1.Cl. The molecule has 0 aliphatic heterocycles. The Kier molecular flexibility index (Phi) is 9.48. The summed E-state index contributed by atoms with van der Waals surface area (Å²) >= 11 is 0. The summed E-state index contributed by atoms with van der Waals surface area (Å²) in [5, 5.41) is 22.2. The second-order valence-corrected chi connectivity index (χ2v) is 11.4. The first-order valence-corrected chi connectivity index (χ1v) is 14.6. The highest BCUT2D eigenvalue weighted by Crippen LogP contribution is 2.33. The summed E-state index contributed by atoms with van der Waals surface area (Å²) in [5.41, 5.74) is 18.8. The molecule has 0 bridgehead atoms. The molecule has 2 amide bonds. The Morgan fingerprint density at radius 3 is 2.48 bits per heavy atom. The van der Waals surface area contributed by atoms with E-state index in [4.69, 9.17) is 11.5 Å². The van der Waals surface area contributed by atoms with Crippen LogP contribution >= 0.6 is 12.4 Å². The Morgan fingerprint density at radius 1 is 1.00 bits per heavy atom. The number of hydrogen-bond acceptors (Lipinski definition) is 8. The monoisotopic (exact) mass is 613 g/mol. The number of halogens is 1. The molecule has 0 spiro atoms. The number of rotatable bonds is 8. The van der Waals surface area contributed by atoms with Gasteiger partial charge in [-0.2, -0.15) is 5.10 Å². The minimum atomic E-state index is -0.927. The van der Waals surface area contributed by atoms with Crippen LogP contribution < -0.4 is 16.4 Å². The third-order valence-corrected chi connectivity index (χ3v) is 8.54. The van der Waals surface area contributed by atoms with Crippen molar-refractivity contribution >= 4 is 40.8 Å². The van der Waals surface area contributed by atoms with Crippen LogP contribution in [0.1, 0.15) is 36.8 Å². The summed E-state index contributed by atoms with van der Waals surface area (Å²) in [6.07, 6.45) is 5.24. The maximum atomic E-state index is 14.0. The fraction of sp³-hybridized carbons (Fsp3) is 0.312. The van der Waals surface area contributed by atoms with Crippen molar-refractivity contribution in [2.75, 3.05) is 11.4 Å². The number of hydrogen-bond donors (Lipinski definition) is 4. The number of tetrazole rings is 1. The van der Waals surface area contributed by atoms with Gasteiger partial charge in [0.1, 0.15) is 0 Å². The maximum absolute atomic E-state index is 14.0. The summed E-state index contributed by atoms with van der Waals surface area (Å²) < 4.78 is 0. The quantitative estimate of drug-likeness (QED) is 0.200. The van der Waals surface area contributed by atoms with Crippen LogP contribution in [0.4, 0.5) is 5.69 Å². The number of benzene rings is 3. The van der Waals surface area contributed by atoms with Crippen LogP contribution in [0.25, 0.3) is 33.4 Å². The average Bonchev–Trinajstić information content (AvgIpc) is 3.75. The summed E-state index contributed by atoms with van der Waals surface area (Å²) in [6, 6.07) is 18.2. The lowest BCUT2D eigenvalue weighted by atomic mass is 9.81. The van der Waals surface area contributed by atoms with Crippen molar-refractivity contribution in [2.24, 2.45) is 23.3 Å². The first-order valence-electron chi connectivity index (χ1n) is 14.6. The molecule has 228 valence electrons. The molecular weight excluding hydrogens is 578 g/mol. The number of anilines is 1. The van der Waals surface area contributed by atoms with Gasteiger partial charge in [-0.15, -0.1) is 17.5 Å². The predicted octanol–water partition coefficient (Wildman–Crippen LogP) is 4.33. The van der Waals surface area contributed by atoms with Crippen molar-refractivity contribution in [1.82, 2.24) is 30.8 Å². The van der Waals surface area contributed by atoms with E-state index in [2.05, 4.69) is 49.9 Å². The Bertz CT molecular complexity index is 1730. The van der Waals surface area contributed by atoms with Crippen LogP contribution in [-0.2, 0) is 16.0 Å². The van der Waals surface area contributed by atoms with Crippen LogP contribution in [0.15, 0.2) is 66.9 Å². The van der Waals surface area contributed by atoms with Gasteiger partial charge in [0, 0.05) is 16.9 Å². The van der Waals surface area contributed by atoms with Crippen LogP contribution in [0, 0.1) is 18.8 Å². The number of nitrogens with two attached hydrogens (primary N) is 2. The van der Waals surface area contributed by atoms with E-state index in [0.29, 0.717) is 36.8 Å². The van der Waals surface area contributed by atoms with E-state index in [9.17, 15) is 9.59 Å². The van der Waals surface area contributed by atoms with Gasteiger partial charge < -0.3 is 11.5 Å². The fourth-order valence-corrected chi connectivity index (χ4v) is 6.11. The predicted molar refractivity (Wildman–Crippen MR) is 172 cm³/mol. The molecule has 5 aromatic rings. The Balaban J connectivity index is 0.00000384. The fourth-order valence-electron chi connectivity index (χ4n) is 6.11. The Hall–Kier alpha value is -4.45. The number of nitrogens with zero attached hydrogens (tertiary/aromatic N) is 5. The molecule has 12 heteroatoms. The Labute approximate surface area is 261 Å². The molecule has 1 aliphatic carbocycles. The van der Waals surface area contributed by atoms with Crippen molar-refractivity contribution in [2.45, 2.75) is 45.1 Å². The molecule has 11 nitrogen and oxygen atoms in total. The molecule has 6 N–H and O–H groups in total. The van der Waals surface area contributed by atoms with Crippen LogP contribution in [0.5, 0.6) is 0 Å². The topological polar surface area (TPSA) is 173 Å². The van der Waals surface area contributed by atoms with Gasteiger partial charge in [-0.05, 0) is 115 Å². The van der Waals surface area contributed by atoms with Crippen molar-refractivity contribution < 1.29 is 9.59 Å². The normalized spacial score (nSPS) is 17.2. The summed E-state index contributed by atoms with van der Waals surface area (Å²) in [5.74, 6) is -0.0127. The molecule has 0 saturated heterocycles. The molecule has 44 heavy (non-hydrogen) atoms. The smallest absolute Gasteiger partial charge is 0.251 e. The van der Waals surface area contributed by atoms with E-state index in [1.165, 1.54) is 4.90 Å². The molecule has 0 unspecified atom stereocenters. The van der Waals surface area contributed by atoms with E-state index in [0.717, 1.165) is 51.6 Å². The lowest BCUT2D eigenvalue weighted by Crippen LogP contribution is -2.50. The molecule has 6 rings (SSSR count). The standard InChI is InChI=1S/C32H35N9O2.ClH/c1-19-5-14-28-26(18-35-36-28)29(19)24-4-2-3-21(15-24)16-27(34)32(43)41(31(42)23-8-6-20(17-33)7-9-23)25-12-10-22(11-13-25)30-37-39-40-38-30;/h2-5,10-15,18,20,23,27H,6-9,16-17,33-34H2,1H3,(H,35,36)(H,37,38,39,40);1H/t20-,23-,27-;/m0./s1. The van der Waals surface area contributed by atoms with Crippen LogP contribution in [-0.4, -0.2) is 55.2 Å². The number of aryl methyl sites for hydroxylation is 1. The number of imide groups is 1. The van der Waals surface area contributed by atoms with Gasteiger partial charge >= 0.3 is 0 Å². The van der Waals surface area contributed by atoms with Gasteiger partial charge in [0.05, 0.1) is 23.4 Å². The van der Waals surface area contributed by atoms with E-state index in [1.807, 2.05) is 30.5 Å². The van der Waals surface area contributed by atoms with Crippen molar-refractivity contribution in [3.05, 3.63) is 78.0 Å². The lowest BCUT2D eigenvalue weighted by molar-refractivity contribution is -0.130. The van der Waals surface area contributed by atoms with E-state index < -0.39 is 11.9 Å². The molecule has 1 atom stereocenters. The summed E-state index contributed by atoms with van der Waals surface area (Å²) in [7, 11) is 0. The zero-order valence-electron chi connectivity index (χ0n) is 24.4. The van der Waals surface area contributed by atoms with E-state index >= 15 is 0 Å². The summed E-state index contributed by atoms with van der Waals surface area (Å²) in [4.78, 5) is 29.3. The van der Waals surface area contributed by atoms with Gasteiger partial charge in [0.25, 0.3) is 5.91 Å². The number of aromatic nitrogens is 6. The highest BCUT2D eigenvalue weighted by atomic mass is 35.5. The highest BCUT2D eigenvalue weighted by Gasteiger charge is 2.35. The molecule has 0 radical (unpaired) electrons. The largest absolute Gasteiger partial charge is 0.330 e. The van der Waals surface area contributed by atoms with Crippen molar-refractivity contribution in [1.29, 1.82) is 0 Å². The van der Waals surface area contributed by atoms with E-state index in [-0.39, 0.29) is 30.7 Å². The second-order valence-electron chi connectivity index (χ2n) is 11.4. The van der Waals surface area contributed by atoms with Gasteiger partial charge in [0.2, 0.25) is 5.91 Å². The third kappa shape index (κ3) is 6.26. The second kappa shape index (κ2) is 13.5. The minimum absolute atomic E-state index is 0. The molecule has 2 heterocycles. The highest BCUT2D eigenvalue weighted by molar-refractivity contribution is 6.17. The van der Waals surface area contributed by atoms with Crippen molar-refractivity contribution in [3.63, 3.8) is 0 Å². The van der Waals surface area contributed by atoms with Gasteiger partial charge in [-0.1, -0.05) is 30.3 Å². The Morgan fingerprint density at radius 2 is 1.77 bits per heavy atom. The van der Waals surface area contributed by atoms with Gasteiger partial charge in [0.15, 0.2) is 5.82 Å². The lowest BCUT2D eigenvalue weighted by Gasteiger charge is -2.32. The average molecular weight is 614 g/mol. The maximum Gasteiger partial charge on any atom is 0.251 e. The number of nitrogens with one attached hydrogen (secondary N) is 2. The summed E-state index contributed by atoms with van der Waals surface area (Å²) in [6.45, 7) is 2.68. The number of carbonyl (C=O) groups is 2. The number of carbonyl (C=O) groups excluding carboxylic acids is 2. The molecular formula is C32H36ClN9O2. The van der Waals surface area contributed by atoms with Crippen molar-refractivity contribution in [3.8, 4) is 22.5 Å². The minimum Gasteiger partial charge on any atom is -0.330 e. The molecule has 1 fully saturated rings. The number of amides is 2.